The van der Waals surface area contributed by atoms with E-state index < -0.39 is 5.97 Å². The van der Waals surface area contributed by atoms with Crippen LogP contribution in [0.25, 0.3) is 0 Å². The van der Waals surface area contributed by atoms with Crippen molar-refractivity contribution in [3.63, 3.8) is 0 Å². The number of rotatable bonds is 5. The monoisotopic (exact) mass is 279 g/mol. The van der Waals surface area contributed by atoms with E-state index in [1.807, 2.05) is 17.0 Å². The first-order chi connectivity index (χ1) is 9.69. The highest BCUT2D eigenvalue weighted by Crippen LogP contribution is 2.17. The Kier molecular flexibility index (Phi) is 5.31. The highest BCUT2D eigenvalue weighted by Gasteiger charge is 2.17. The number of aromatic nitrogens is 1. The lowest BCUT2D eigenvalue weighted by atomic mass is 10.2. The molecule has 1 fully saturated rings. The molecule has 0 amide bonds. The quantitative estimate of drug-likeness (QED) is 0.855. The van der Waals surface area contributed by atoms with Gasteiger partial charge in [-0.3, -0.25) is 14.6 Å². The number of methoxy groups -OCH3 is 1. The maximum Gasteiger partial charge on any atom is 0.317 e. The van der Waals surface area contributed by atoms with Gasteiger partial charge in [-0.15, -0.1) is 0 Å². The van der Waals surface area contributed by atoms with Gasteiger partial charge in [0.05, 0.1) is 13.7 Å². The molecule has 1 N–H and O–H groups in total. The van der Waals surface area contributed by atoms with Crippen molar-refractivity contribution in [2.75, 3.05) is 39.8 Å². The summed E-state index contributed by atoms with van der Waals surface area (Å²) in [7, 11) is 1.63. The smallest absolute Gasteiger partial charge is 0.317 e. The first-order valence-electron chi connectivity index (χ1n) is 6.83. The number of hydrogen-bond donors (Lipinski definition) is 1. The van der Waals surface area contributed by atoms with Gasteiger partial charge in [-0.05, 0) is 19.0 Å². The van der Waals surface area contributed by atoms with Crippen molar-refractivity contribution in [1.82, 2.24) is 14.8 Å². The van der Waals surface area contributed by atoms with Crippen LogP contribution in [0.5, 0.6) is 5.88 Å². The molecule has 0 saturated carbocycles. The highest BCUT2D eigenvalue weighted by atomic mass is 16.5. The lowest BCUT2D eigenvalue weighted by molar-refractivity contribution is -0.138. The lowest BCUT2D eigenvalue weighted by Gasteiger charge is -2.21. The Bertz CT molecular complexity index is 453. The van der Waals surface area contributed by atoms with E-state index in [1.165, 1.54) is 0 Å². The van der Waals surface area contributed by atoms with Crippen molar-refractivity contribution in [1.29, 1.82) is 0 Å². The molecule has 0 radical (unpaired) electrons. The van der Waals surface area contributed by atoms with E-state index in [1.54, 1.807) is 13.3 Å². The third-order valence-corrected chi connectivity index (χ3v) is 3.48. The molecule has 0 unspecified atom stereocenters. The molecule has 1 aliphatic heterocycles. The van der Waals surface area contributed by atoms with Gasteiger partial charge in [-0.1, -0.05) is 6.07 Å². The molecule has 0 aliphatic carbocycles. The first kappa shape index (κ1) is 14.7. The van der Waals surface area contributed by atoms with E-state index >= 15 is 0 Å². The van der Waals surface area contributed by atoms with Crippen molar-refractivity contribution >= 4 is 5.97 Å². The number of aliphatic carboxylic acids is 1. The summed E-state index contributed by atoms with van der Waals surface area (Å²) in [5.41, 5.74) is 1.07. The van der Waals surface area contributed by atoms with Crippen LogP contribution in [-0.2, 0) is 11.3 Å². The van der Waals surface area contributed by atoms with Crippen molar-refractivity contribution in [2.45, 2.75) is 13.0 Å². The Hall–Kier alpha value is -1.66. The maximum atomic E-state index is 10.8. The van der Waals surface area contributed by atoms with Gasteiger partial charge in [0.2, 0.25) is 5.88 Å². The van der Waals surface area contributed by atoms with Gasteiger partial charge in [0.15, 0.2) is 0 Å². The standard InChI is InChI=1S/C14H21N3O3/c1-20-14-12(4-2-5-15-14)10-16-6-3-7-17(9-8-16)11-13(18)19/h2,4-5H,3,6-11H2,1H3,(H,18,19). The van der Waals surface area contributed by atoms with Gasteiger partial charge < -0.3 is 9.84 Å². The fraction of sp³-hybridized carbons (Fsp3) is 0.571. The van der Waals surface area contributed by atoms with Crippen LogP contribution in [0.1, 0.15) is 12.0 Å². The number of hydrogen-bond acceptors (Lipinski definition) is 5. The Morgan fingerprint density at radius 2 is 2.10 bits per heavy atom. The molecule has 0 spiro atoms. The van der Waals surface area contributed by atoms with Crippen molar-refractivity contribution in [2.24, 2.45) is 0 Å². The molecule has 1 aliphatic rings. The van der Waals surface area contributed by atoms with Crippen LogP contribution in [0.2, 0.25) is 0 Å². The van der Waals surface area contributed by atoms with Gasteiger partial charge in [0.25, 0.3) is 0 Å². The number of pyridine rings is 1. The molecule has 0 atom stereocenters. The lowest BCUT2D eigenvalue weighted by Crippen LogP contribution is -2.34. The van der Waals surface area contributed by atoms with Gasteiger partial charge in [-0.2, -0.15) is 0 Å². The molecule has 0 bridgehead atoms. The normalized spacial score (nSPS) is 17.6. The van der Waals surface area contributed by atoms with E-state index in [4.69, 9.17) is 9.84 Å². The van der Waals surface area contributed by atoms with Crippen molar-refractivity contribution in [3.8, 4) is 5.88 Å². The SMILES string of the molecule is COc1ncccc1CN1CCCN(CC(=O)O)CC1. The molecule has 6 nitrogen and oxygen atoms in total. The summed E-state index contributed by atoms with van der Waals surface area (Å²) >= 11 is 0. The Morgan fingerprint density at radius 3 is 2.85 bits per heavy atom. The summed E-state index contributed by atoms with van der Waals surface area (Å²) in [6.45, 7) is 4.38. The summed E-state index contributed by atoms with van der Waals surface area (Å²) in [6, 6.07) is 3.93. The van der Waals surface area contributed by atoms with Crippen LogP contribution in [0.3, 0.4) is 0 Å². The zero-order valence-corrected chi connectivity index (χ0v) is 11.8. The fourth-order valence-corrected chi connectivity index (χ4v) is 2.50. The third-order valence-electron chi connectivity index (χ3n) is 3.48. The van der Waals surface area contributed by atoms with Gasteiger partial charge in [-0.25, -0.2) is 4.98 Å². The summed E-state index contributed by atoms with van der Waals surface area (Å²) < 4.78 is 5.27. The van der Waals surface area contributed by atoms with E-state index in [0.717, 1.165) is 44.7 Å². The van der Waals surface area contributed by atoms with Crippen molar-refractivity contribution in [3.05, 3.63) is 23.9 Å². The van der Waals surface area contributed by atoms with Gasteiger partial charge in [0, 0.05) is 37.9 Å². The Morgan fingerprint density at radius 1 is 1.35 bits per heavy atom. The van der Waals surface area contributed by atoms with Crippen LogP contribution in [-0.4, -0.2) is 65.7 Å². The molecule has 1 saturated heterocycles. The molecule has 1 aromatic rings. The minimum Gasteiger partial charge on any atom is -0.481 e. The van der Waals surface area contributed by atoms with Crippen LogP contribution >= 0.6 is 0 Å². The molecule has 1 aromatic heterocycles. The molecule has 6 heteroatoms. The van der Waals surface area contributed by atoms with Gasteiger partial charge >= 0.3 is 5.97 Å². The summed E-state index contributed by atoms with van der Waals surface area (Å²) in [4.78, 5) is 19.3. The molecule has 2 rings (SSSR count). The second kappa shape index (κ2) is 7.21. The van der Waals surface area contributed by atoms with E-state index in [2.05, 4.69) is 9.88 Å². The average molecular weight is 279 g/mol. The molecule has 20 heavy (non-hydrogen) atoms. The average Bonchev–Trinajstić information content (AvgIpc) is 2.64. The second-order valence-electron chi connectivity index (χ2n) is 4.97. The zero-order chi connectivity index (χ0) is 14.4. The molecule has 2 heterocycles. The minimum absolute atomic E-state index is 0.129. The number of ether oxygens (including phenoxy) is 1. The molecular weight excluding hydrogens is 258 g/mol. The largest absolute Gasteiger partial charge is 0.481 e. The van der Waals surface area contributed by atoms with E-state index in [-0.39, 0.29) is 6.54 Å². The molecule has 0 aromatic carbocycles. The Balaban J connectivity index is 1.92. The second-order valence-corrected chi connectivity index (χ2v) is 4.97. The topological polar surface area (TPSA) is 65.9 Å². The highest BCUT2D eigenvalue weighted by molar-refractivity contribution is 5.69. The van der Waals surface area contributed by atoms with E-state index in [0.29, 0.717) is 5.88 Å². The molecule has 110 valence electrons. The van der Waals surface area contributed by atoms with Gasteiger partial charge in [0.1, 0.15) is 0 Å². The molecular formula is C14H21N3O3. The summed E-state index contributed by atoms with van der Waals surface area (Å²) in [6.07, 6.45) is 2.70. The van der Waals surface area contributed by atoms with E-state index in [9.17, 15) is 4.79 Å². The van der Waals surface area contributed by atoms with Crippen LogP contribution in [0, 0.1) is 0 Å². The number of nitrogens with zero attached hydrogens (tertiary/aromatic N) is 3. The van der Waals surface area contributed by atoms with Crippen molar-refractivity contribution < 1.29 is 14.6 Å². The predicted octanol–water partition coefficient (Wildman–Crippen LogP) is 0.683. The summed E-state index contributed by atoms with van der Waals surface area (Å²) in [5, 5.41) is 8.85. The minimum atomic E-state index is -0.757. The maximum absolute atomic E-state index is 10.8. The van der Waals surface area contributed by atoms with Crippen LogP contribution in [0.15, 0.2) is 18.3 Å². The fourth-order valence-electron chi connectivity index (χ4n) is 2.50. The first-order valence-corrected chi connectivity index (χ1v) is 6.83. The van der Waals surface area contributed by atoms with Crippen LogP contribution in [0.4, 0.5) is 0 Å². The zero-order valence-electron chi connectivity index (χ0n) is 11.8. The number of carboxylic acid groups (broad SMARTS) is 1. The Labute approximate surface area is 119 Å². The summed E-state index contributed by atoms with van der Waals surface area (Å²) in [5.74, 6) is -0.0912. The number of carboxylic acids is 1. The number of carbonyl (C=O) groups is 1. The predicted molar refractivity (Wildman–Crippen MR) is 74.8 cm³/mol. The third kappa shape index (κ3) is 4.18. The van der Waals surface area contributed by atoms with Crippen LogP contribution < -0.4 is 4.74 Å².